The minimum atomic E-state index is -1.16. The Labute approximate surface area is 185 Å². The topological polar surface area (TPSA) is 108 Å². The van der Waals surface area contributed by atoms with Crippen molar-refractivity contribution in [2.24, 2.45) is 0 Å². The number of aliphatic hydroxyl groups is 2. The molecule has 0 bridgehead atoms. The smallest absolute Gasteiger partial charge is 0.305 e. The van der Waals surface area contributed by atoms with Gasteiger partial charge in [-0.1, -0.05) is 13.8 Å². The molecular formula is C24H26FN3O4. The monoisotopic (exact) mass is 439 g/mol. The van der Waals surface area contributed by atoms with E-state index >= 15 is 0 Å². The number of aromatic nitrogens is 3. The molecular weight excluding hydrogens is 413 g/mol. The van der Waals surface area contributed by atoms with Gasteiger partial charge >= 0.3 is 5.97 Å². The van der Waals surface area contributed by atoms with Crippen molar-refractivity contribution in [2.45, 2.75) is 44.8 Å². The fourth-order valence-electron chi connectivity index (χ4n) is 3.42. The number of aliphatic carboxylic acids is 1. The summed E-state index contributed by atoms with van der Waals surface area (Å²) in [6.45, 7) is 3.97. The maximum Gasteiger partial charge on any atom is 0.305 e. The van der Waals surface area contributed by atoms with Crippen LogP contribution in [0.3, 0.4) is 0 Å². The minimum Gasteiger partial charge on any atom is -0.481 e. The van der Waals surface area contributed by atoms with E-state index < -0.39 is 24.6 Å². The van der Waals surface area contributed by atoms with E-state index in [-0.39, 0.29) is 18.2 Å². The molecule has 0 aliphatic rings. The zero-order valence-electron chi connectivity index (χ0n) is 17.9. The second-order valence-electron chi connectivity index (χ2n) is 7.84. The van der Waals surface area contributed by atoms with E-state index in [1.165, 1.54) is 18.2 Å². The van der Waals surface area contributed by atoms with Gasteiger partial charge in [0.15, 0.2) is 0 Å². The molecule has 2 heterocycles. The normalized spacial score (nSPS) is 13.6. The van der Waals surface area contributed by atoms with Crippen LogP contribution >= 0.6 is 0 Å². The molecule has 0 fully saturated rings. The van der Waals surface area contributed by atoms with Gasteiger partial charge in [-0.3, -0.25) is 9.78 Å². The summed E-state index contributed by atoms with van der Waals surface area (Å²) >= 11 is 0. The molecule has 2 atom stereocenters. The molecule has 168 valence electrons. The van der Waals surface area contributed by atoms with Crippen molar-refractivity contribution in [3.8, 4) is 22.5 Å². The van der Waals surface area contributed by atoms with Crippen molar-refractivity contribution in [1.29, 1.82) is 0 Å². The predicted octanol–water partition coefficient (Wildman–Crippen LogP) is 3.93. The molecule has 0 saturated heterocycles. The summed E-state index contributed by atoms with van der Waals surface area (Å²) in [7, 11) is 0. The van der Waals surface area contributed by atoms with Gasteiger partial charge in [-0.05, 0) is 42.5 Å². The zero-order valence-corrected chi connectivity index (χ0v) is 17.9. The summed E-state index contributed by atoms with van der Waals surface area (Å²) in [6.07, 6.45) is 3.72. The number of carbonyl (C=O) groups is 1. The lowest BCUT2D eigenvalue weighted by Gasteiger charge is -2.13. The molecule has 8 heteroatoms. The van der Waals surface area contributed by atoms with Crippen LogP contribution in [-0.4, -0.2) is 48.0 Å². The Kier molecular flexibility index (Phi) is 7.50. The third-order valence-corrected chi connectivity index (χ3v) is 4.89. The van der Waals surface area contributed by atoms with Crippen molar-refractivity contribution in [1.82, 2.24) is 14.5 Å². The Bertz CT molecular complexity index is 1080. The van der Waals surface area contributed by atoms with Crippen molar-refractivity contribution >= 4 is 12.2 Å². The molecule has 0 spiro atoms. The Morgan fingerprint density at radius 2 is 1.88 bits per heavy atom. The van der Waals surface area contributed by atoms with Gasteiger partial charge in [0.1, 0.15) is 11.6 Å². The number of rotatable bonds is 9. The van der Waals surface area contributed by atoms with E-state index in [9.17, 15) is 19.4 Å². The molecule has 0 saturated carbocycles. The van der Waals surface area contributed by atoms with Crippen LogP contribution in [0.4, 0.5) is 4.39 Å². The summed E-state index contributed by atoms with van der Waals surface area (Å²) in [5.41, 5.74) is 2.89. The van der Waals surface area contributed by atoms with Crippen LogP contribution in [-0.2, 0) is 4.79 Å². The van der Waals surface area contributed by atoms with Crippen molar-refractivity contribution in [3.05, 3.63) is 66.5 Å². The van der Waals surface area contributed by atoms with Gasteiger partial charge in [0.2, 0.25) is 0 Å². The summed E-state index contributed by atoms with van der Waals surface area (Å²) in [5, 5.41) is 28.9. The number of nitrogens with zero attached hydrogens (tertiary/aromatic N) is 3. The van der Waals surface area contributed by atoms with Crippen molar-refractivity contribution < 1.29 is 24.5 Å². The SMILES string of the molecule is CC(C)c1nc(-c2cccnc2)c(-c2ccc(F)cc2)n1/C=C/C(O)CC(O)CC(=O)O. The first-order valence-corrected chi connectivity index (χ1v) is 10.3. The maximum atomic E-state index is 13.6. The highest BCUT2D eigenvalue weighted by atomic mass is 19.1. The highest BCUT2D eigenvalue weighted by molar-refractivity contribution is 5.80. The Morgan fingerprint density at radius 1 is 1.16 bits per heavy atom. The molecule has 3 N–H and O–H groups in total. The van der Waals surface area contributed by atoms with Crippen LogP contribution in [0.25, 0.3) is 28.7 Å². The van der Waals surface area contributed by atoms with Gasteiger partial charge < -0.3 is 19.9 Å². The molecule has 3 rings (SSSR count). The molecule has 2 aromatic heterocycles. The van der Waals surface area contributed by atoms with Crippen LogP contribution in [0, 0.1) is 5.82 Å². The minimum absolute atomic E-state index is 0.0269. The van der Waals surface area contributed by atoms with Crippen LogP contribution in [0.2, 0.25) is 0 Å². The third kappa shape index (κ3) is 5.66. The molecule has 32 heavy (non-hydrogen) atoms. The predicted molar refractivity (Wildman–Crippen MR) is 119 cm³/mol. The number of halogens is 1. The highest BCUT2D eigenvalue weighted by Crippen LogP contribution is 2.35. The van der Waals surface area contributed by atoms with Crippen molar-refractivity contribution in [2.75, 3.05) is 0 Å². The fourth-order valence-corrected chi connectivity index (χ4v) is 3.42. The zero-order chi connectivity index (χ0) is 23.3. The van der Waals surface area contributed by atoms with E-state index in [0.717, 1.165) is 17.0 Å². The molecule has 0 aliphatic heterocycles. The van der Waals surface area contributed by atoms with E-state index in [1.807, 2.05) is 24.5 Å². The first kappa shape index (κ1) is 23.3. The second kappa shape index (κ2) is 10.3. The molecule has 3 aromatic rings. The first-order valence-electron chi connectivity index (χ1n) is 10.3. The fraction of sp³-hybridized carbons (Fsp3) is 0.292. The third-order valence-electron chi connectivity index (χ3n) is 4.89. The van der Waals surface area contributed by atoms with E-state index in [4.69, 9.17) is 10.1 Å². The molecule has 0 radical (unpaired) electrons. The Balaban J connectivity index is 2.08. The Morgan fingerprint density at radius 3 is 2.47 bits per heavy atom. The van der Waals surface area contributed by atoms with Crippen LogP contribution in [0.15, 0.2) is 54.9 Å². The van der Waals surface area contributed by atoms with Gasteiger partial charge in [-0.15, -0.1) is 0 Å². The average molecular weight is 439 g/mol. The lowest BCUT2D eigenvalue weighted by atomic mass is 10.1. The highest BCUT2D eigenvalue weighted by Gasteiger charge is 2.21. The number of imidazole rings is 1. The number of aliphatic hydroxyl groups excluding tert-OH is 2. The van der Waals surface area contributed by atoms with E-state index in [2.05, 4.69) is 4.98 Å². The first-order chi connectivity index (χ1) is 15.3. The summed E-state index contributed by atoms with van der Waals surface area (Å²) in [4.78, 5) is 19.8. The Hall–Kier alpha value is -3.36. The number of carboxylic acid groups (broad SMARTS) is 1. The standard InChI is InChI=1S/C24H26FN3O4/c1-15(2)24-27-22(17-4-3-10-26-14-17)23(16-5-7-18(25)8-6-16)28(24)11-9-19(29)12-20(30)13-21(31)32/h3-11,14-15,19-20,29-30H,12-13H2,1-2H3,(H,31,32)/b11-9+. The van der Waals surface area contributed by atoms with E-state index in [1.54, 1.807) is 36.8 Å². The lowest BCUT2D eigenvalue weighted by Crippen LogP contribution is -2.19. The molecule has 7 nitrogen and oxygen atoms in total. The van der Waals surface area contributed by atoms with Gasteiger partial charge in [0.25, 0.3) is 0 Å². The quantitative estimate of drug-likeness (QED) is 0.466. The lowest BCUT2D eigenvalue weighted by molar-refractivity contribution is -0.139. The number of pyridine rings is 1. The van der Waals surface area contributed by atoms with Crippen LogP contribution in [0.1, 0.15) is 38.4 Å². The number of hydrogen-bond acceptors (Lipinski definition) is 5. The molecule has 0 amide bonds. The summed E-state index contributed by atoms with van der Waals surface area (Å²) < 4.78 is 15.4. The van der Waals surface area contributed by atoms with Gasteiger partial charge in [0.05, 0.1) is 30.0 Å². The van der Waals surface area contributed by atoms with Crippen LogP contribution < -0.4 is 0 Å². The number of benzene rings is 1. The van der Waals surface area contributed by atoms with Gasteiger partial charge in [-0.2, -0.15) is 0 Å². The largest absolute Gasteiger partial charge is 0.481 e. The van der Waals surface area contributed by atoms with Crippen LogP contribution in [0.5, 0.6) is 0 Å². The van der Waals surface area contributed by atoms with Gasteiger partial charge in [-0.25, -0.2) is 9.37 Å². The van der Waals surface area contributed by atoms with E-state index in [0.29, 0.717) is 11.4 Å². The summed E-state index contributed by atoms with van der Waals surface area (Å²) in [6, 6.07) is 9.76. The molecule has 0 aliphatic carbocycles. The molecule has 2 unspecified atom stereocenters. The maximum absolute atomic E-state index is 13.6. The van der Waals surface area contributed by atoms with Gasteiger partial charge in [0, 0.05) is 42.1 Å². The number of carboxylic acids is 1. The number of hydrogen-bond donors (Lipinski definition) is 3. The molecule has 1 aromatic carbocycles. The summed E-state index contributed by atoms with van der Waals surface area (Å²) in [5.74, 6) is -0.743. The average Bonchev–Trinajstić information content (AvgIpc) is 3.12. The van der Waals surface area contributed by atoms with Crippen molar-refractivity contribution in [3.63, 3.8) is 0 Å². The second-order valence-corrected chi connectivity index (χ2v) is 7.84.